The van der Waals surface area contributed by atoms with Crippen LogP contribution in [-0.4, -0.2) is 55.8 Å². The fourth-order valence-corrected chi connectivity index (χ4v) is 3.09. The van der Waals surface area contributed by atoms with Crippen LogP contribution in [0.4, 0.5) is 0 Å². The molecular formula is C16H21ClN2O3. The first-order chi connectivity index (χ1) is 10.7. The summed E-state index contributed by atoms with van der Waals surface area (Å²) in [6.45, 7) is 3.37. The van der Waals surface area contributed by atoms with Crippen molar-refractivity contribution in [1.82, 2.24) is 10.2 Å². The number of ether oxygens (including phenoxy) is 2. The van der Waals surface area contributed by atoms with Gasteiger partial charge in [-0.2, -0.15) is 0 Å². The number of morpholine rings is 1. The monoisotopic (exact) mass is 324 g/mol. The van der Waals surface area contributed by atoms with E-state index < -0.39 is 0 Å². The molecule has 2 saturated heterocycles. The molecule has 2 heterocycles. The van der Waals surface area contributed by atoms with Gasteiger partial charge in [0.2, 0.25) is 0 Å². The summed E-state index contributed by atoms with van der Waals surface area (Å²) in [7, 11) is 0. The van der Waals surface area contributed by atoms with E-state index in [4.69, 9.17) is 21.1 Å². The van der Waals surface area contributed by atoms with Crippen LogP contribution < -0.4 is 10.1 Å². The summed E-state index contributed by atoms with van der Waals surface area (Å²) >= 11 is 5.80. The minimum absolute atomic E-state index is 0.000686. The number of benzene rings is 1. The zero-order valence-corrected chi connectivity index (χ0v) is 13.2. The maximum Gasteiger partial charge on any atom is 0.258 e. The number of halogens is 1. The molecule has 1 aromatic rings. The van der Waals surface area contributed by atoms with Gasteiger partial charge < -0.3 is 14.8 Å². The van der Waals surface area contributed by atoms with Crippen molar-refractivity contribution in [2.75, 3.05) is 32.8 Å². The summed E-state index contributed by atoms with van der Waals surface area (Å²) in [5.74, 6) is 0.496. The summed E-state index contributed by atoms with van der Waals surface area (Å²) < 4.78 is 11.2. The van der Waals surface area contributed by atoms with E-state index in [1.165, 1.54) is 12.8 Å². The normalized spacial score (nSPS) is 24.8. The van der Waals surface area contributed by atoms with Crippen LogP contribution in [-0.2, 0) is 9.53 Å². The minimum Gasteiger partial charge on any atom is -0.484 e. The van der Waals surface area contributed by atoms with Crippen LogP contribution in [0.2, 0.25) is 5.02 Å². The minimum atomic E-state index is -0.137. The zero-order chi connectivity index (χ0) is 15.4. The van der Waals surface area contributed by atoms with E-state index in [1.54, 1.807) is 24.3 Å². The number of fused-ring (bicyclic) bond motifs is 1. The molecule has 0 aliphatic carbocycles. The highest BCUT2D eigenvalue weighted by atomic mass is 35.5. The first-order valence-corrected chi connectivity index (χ1v) is 8.09. The summed E-state index contributed by atoms with van der Waals surface area (Å²) in [5.41, 5.74) is 0. The van der Waals surface area contributed by atoms with Gasteiger partial charge in [-0.15, -0.1) is 0 Å². The Labute approximate surface area is 135 Å². The number of nitrogens with one attached hydrogen (secondary N) is 1. The Morgan fingerprint density at radius 1 is 1.41 bits per heavy atom. The van der Waals surface area contributed by atoms with Gasteiger partial charge in [0.15, 0.2) is 6.61 Å². The van der Waals surface area contributed by atoms with Crippen molar-refractivity contribution in [3.8, 4) is 5.75 Å². The number of carbonyl (C=O) groups is 1. The van der Waals surface area contributed by atoms with Crippen molar-refractivity contribution >= 4 is 17.5 Å². The zero-order valence-electron chi connectivity index (χ0n) is 12.5. The van der Waals surface area contributed by atoms with Crippen LogP contribution in [0, 0.1) is 0 Å². The number of hydrogen-bond acceptors (Lipinski definition) is 4. The Kier molecular flexibility index (Phi) is 5.18. The Morgan fingerprint density at radius 3 is 3.05 bits per heavy atom. The Morgan fingerprint density at radius 2 is 2.23 bits per heavy atom. The average Bonchev–Trinajstić information content (AvgIpc) is 3.00. The summed E-state index contributed by atoms with van der Waals surface area (Å²) in [6, 6.07) is 7.54. The molecule has 2 atom stereocenters. The van der Waals surface area contributed by atoms with Crippen molar-refractivity contribution < 1.29 is 14.3 Å². The largest absolute Gasteiger partial charge is 0.484 e. The highest BCUT2D eigenvalue weighted by Gasteiger charge is 2.32. The fourth-order valence-electron chi connectivity index (χ4n) is 2.97. The highest BCUT2D eigenvalue weighted by Crippen LogP contribution is 2.22. The number of hydrogen-bond donors (Lipinski definition) is 1. The lowest BCUT2D eigenvalue weighted by molar-refractivity contribution is -0.124. The predicted octanol–water partition coefficient (Wildman–Crippen LogP) is 1.70. The lowest BCUT2D eigenvalue weighted by Crippen LogP contribution is -2.50. The molecule has 2 aliphatic heterocycles. The van der Waals surface area contributed by atoms with Crippen LogP contribution in [0.15, 0.2) is 24.3 Å². The number of rotatable bonds is 5. The quantitative estimate of drug-likeness (QED) is 0.895. The van der Waals surface area contributed by atoms with Crippen LogP contribution >= 0.6 is 11.6 Å². The van der Waals surface area contributed by atoms with E-state index in [9.17, 15) is 4.79 Å². The SMILES string of the molecule is O=C(COc1ccc(Cl)cc1)NC[C@@H]1CN2CCC[C@@H]2CO1. The molecule has 5 nitrogen and oxygen atoms in total. The second kappa shape index (κ2) is 7.31. The molecule has 2 aliphatic rings. The van der Waals surface area contributed by atoms with E-state index >= 15 is 0 Å². The van der Waals surface area contributed by atoms with E-state index in [1.807, 2.05) is 0 Å². The molecule has 120 valence electrons. The maximum atomic E-state index is 11.8. The van der Waals surface area contributed by atoms with Crippen molar-refractivity contribution in [3.63, 3.8) is 0 Å². The molecular weight excluding hydrogens is 304 g/mol. The van der Waals surface area contributed by atoms with Gasteiger partial charge in [-0.3, -0.25) is 9.69 Å². The molecule has 0 spiro atoms. The summed E-state index contributed by atoms with van der Waals surface area (Å²) in [5, 5.41) is 3.52. The highest BCUT2D eigenvalue weighted by molar-refractivity contribution is 6.30. The van der Waals surface area contributed by atoms with Gasteiger partial charge in [-0.25, -0.2) is 0 Å². The Hall–Kier alpha value is -1.30. The van der Waals surface area contributed by atoms with Gasteiger partial charge in [-0.1, -0.05) is 11.6 Å². The second-order valence-corrected chi connectivity index (χ2v) is 6.23. The van der Waals surface area contributed by atoms with Crippen LogP contribution in [0.5, 0.6) is 5.75 Å². The Bertz CT molecular complexity index is 509. The summed E-state index contributed by atoms with van der Waals surface area (Å²) in [6.07, 6.45) is 2.56. The van der Waals surface area contributed by atoms with Gasteiger partial charge in [0.25, 0.3) is 5.91 Å². The third-order valence-electron chi connectivity index (χ3n) is 4.17. The van der Waals surface area contributed by atoms with Crippen molar-refractivity contribution in [1.29, 1.82) is 0 Å². The van der Waals surface area contributed by atoms with Crippen molar-refractivity contribution in [2.24, 2.45) is 0 Å². The molecule has 2 fully saturated rings. The third kappa shape index (κ3) is 4.12. The number of nitrogens with zero attached hydrogens (tertiary/aromatic N) is 1. The van der Waals surface area contributed by atoms with Gasteiger partial charge in [0, 0.05) is 24.2 Å². The van der Waals surface area contributed by atoms with Gasteiger partial charge in [0.05, 0.1) is 12.7 Å². The number of carbonyl (C=O) groups excluding carboxylic acids is 1. The van der Waals surface area contributed by atoms with Gasteiger partial charge in [-0.05, 0) is 43.7 Å². The average molecular weight is 325 g/mol. The Balaban J connectivity index is 1.36. The summed E-state index contributed by atoms with van der Waals surface area (Å²) in [4.78, 5) is 14.3. The molecule has 0 bridgehead atoms. The van der Waals surface area contributed by atoms with E-state index in [-0.39, 0.29) is 18.6 Å². The van der Waals surface area contributed by atoms with Crippen LogP contribution in [0.1, 0.15) is 12.8 Å². The van der Waals surface area contributed by atoms with Gasteiger partial charge in [0.1, 0.15) is 5.75 Å². The molecule has 0 unspecified atom stereocenters. The first-order valence-electron chi connectivity index (χ1n) is 7.71. The maximum absolute atomic E-state index is 11.8. The van der Waals surface area contributed by atoms with E-state index in [0.717, 1.165) is 19.7 Å². The molecule has 0 radical (unpaired) electrons. The molecule has 22 heavy (non-hydrogen) atoms. The van der Waals surface area contributed by atoms with Crippen LogP contribution in [0.25, 0.3) is 0 Å². The molecule has 1 aromatic carbocycles. The lowest BCUT2D eigenvalue weighted by atomic mass is 10.2. The van der Waals surface area contributed by atoms with E-state index in [0.29, 0.717) is 23.4 Å². The lowest BCUT2D eigenvalue weighted by Gasteiger charge is -2.35. The molecule has 0 aromatic heterocycles. The topological polar surface area (TPSA) is 50.8 Å². The molecule has 6 heteroatoms. The standard InChI is InChI=1S/C16H21ClN2O3/c17-12-3-5-14(6-4-12)22-11-16(20)18-8-15-9-19-7-1-2-13(19)10-21-15/h3-6,13,15H,1-2,7-11H2,(H,18,20)/t13-,15-/m1/s1. The number of amides is 1. The molecule has 3 rings (SSSR count). The van der Waals surface area contributed by atoms with Crippen molar-refractivity contribution in [2.45, 2.75) is 25.0 Å². The predicted molar refractivity (Wildman–Crippen MR) is 84.3 cm³/mol. The second-order valence-electron chi connectivity index (χ2n) is 5.79. The van der Waals surface area contributed by atoms with Gasteiger partial charge >= 0.3 is 0 Å². The molecule has 1 amide bonds. The fraction of sp³-hybridized carbons (Fsp3) is 0.562. The first kappa shape index (κ1) is 15.6. The third-order valence-corrected chi connectivity index (χ3v) is 4.42. The van der Waals surface area contributed by atoms with Crippen molar-refractivity contribution in [3.05, 3.63) is 29.3 Å². The van der Waals surface area contributed by atoms with E-state index in [2.05, 4.69) is 10.2 Å². The molecule has 1 N–H and O–H groups in total. The smallest absolute Gasteiger partial charge is 0.258 e. The van der Waals surface area contributed by atoms with Crippen LogP contribution in [0.3, 0.4) is 0 Å². The molecule has 0 saturated carbocycles.